The summed E-state index contributed by atoms with van der Waals surface area (Å²) in [6, 6.07) is 11.8. The lowest BCUT2D eigenvalue weighted by Crippen LogP contribution is -2.30. The number of benzene rings is 2. The van der Waals surface area contributed by atoms with E-state index in [0.29, 0.717) is 11.7 Å². The molecule has 2 aromatic carbocycles. The maximum Gasteiger partial charge on any atom is 0.265 e. The van der Waals surface area contributed by atoms with Crippen LogP contribution in [-0.2, 0) is 4.79 Å². The normalized spacial score (nSPS) is 12.1. The molecule has 0 aliphatic carbocycles. The van der Waals surface area contributed by atoms with Gasteiger partial charge in [-0.2, -0.15) is 0 Å². The molecule has 1 amide bonds. The molecule has 0 saturated carbocycles. The summed E-state index contributed by atoms with van der Waals surface area (Å²) < 4.78 is 19.2. The molecule has 2 rings (SSSR count). The van der Waals surface area contributed by atoms with Gasteiger partial charge in [-0.25, -0.2) is 4.39 Å². The van der Waals surface area contributed by atoms with Crippen LogP contribution >= 0.6 is 0 Å². The second-order valence-electron chi connectivity index (χ2n) is 5.90. The molecule has 122 valence electrons. The Balaban J connectivity index is 2.04. The van der Waals surface area contributed by atoms with Crippen molar-refractivity contribution in [1.82, 2.24) is 0 Å². The van der Waals surface area contributed by atoms with Gasteiger partial charge in [0.05, 0.1) is 5.69 Å². The fourth-order valence-electron chi connectivity index (χ4n) is 2.42. The number of anilines is 1. The van der Waals surface area contributed by atoms with Gasteiger partial charge < -0.3 is 10.1 Å². The van der Waals surface area contributed by atoms with Crippen molar-refractivity contribution in [3.05, 3.63) is 59.4 Å². The molecule has 1 atom stereocenters. The van der Waals surface area contributed by atoms with Gasteiger partial charge in [0.15, 0.2) is 6.10 Å². The van der Waals surface area contributed by atoms with Gasteiger partial charge in [0.25, 0.3) is 5.91 Å². The van der Waals surface area contributed by atoms with E-state index in [9.17, 15) is 9.18 Å². The standard InChI is InChI=1S/C19H22FNO2/c1-12(2)16-10-9-15(11-13(16)3)23-14(4)19(22)21-18-8-6-5-7-17(18)20/h5-12,14H,1-4H3,(H,21,22). The summed E-state index contributed by atoms with van der Waals surface area (Å²) in [4.78, 5) is 12.1. The molecule has 2 aromatic rings. The molecular weight excluding hydrogens is 293 g/mol. The Kier molecular flexibility index (Phi) is 5.37. The van der Waals surface area contributed by atoms with Crippen LogP contribution in [0, 0.1) is 12.7 Å². The molecule has 4 heteroatoms. The van der Waals surface area contributed by atoms with Crippen LogP contribution in [0.15, 0.2) is 42.5 Å². The molecule has 3 nitrogen and oxygen atoms in total. The lowest BCUT2D eigenvalue weighted by Gasteiger charge is -2.17. The molecule has 0 aliphatic heterocycles. The zero-order valence-electron chi connectivity index (χ0n) is 13.9. The van der Waals surface area contributed by atoms with Crippen molar-refractivity contribution in [2.24, 2.45) is 0 Å². The molecular formula is C19H22FNO2. The number of ether oxygens (including phenoxy) is 1. The van der Waals surface area contributed by atoms with Gasteiger partial charge in [-0.15, -0.1) is 0 Å². The number of carbonyl (C=O) groups is 1. The number of nitrogens with one attached hydrogen (secondary N) is 1. The Morgan fingerprint density at radius 2 is 1.83 bits per heavy atom. The SMILES string of the molecule is Cc1cc(OC(C)C(=O)Nc2ccccc2F)ccc1C(C)C. The predicted octanol–water partition coefficient (Wildman–Crippen LogP) is 4.66. The van der Waals surface area contributed by atoms with Crippen molar-refractivity contribution in [3.8, 4) is 5.75 Å². The van der Waals surface area contributed by atoms with Crippen LogP contribution in [0.3, 0.4) is 0 Å². The maximum atomic E-state index is 13.6. The quantitative estimate of drug-likeness (QED) is 0.871. The number of para-hydroxylation sites is 1. The fourth-order valence-corrected chi connectivity index (χ4v) is 2.42. The van der Waals surface area contributed by atoms with E-state index in [-0.39, 0.29) is 11.6 Å². The minimum absolute atomic E-state index is 0.152. The van der Waals surface area contributed by atoms with Crippen molar-refractivity contribution < 1.29 is 13.9 Å². The number of hydrogen-bond acceptors (Lipinski definition) is 2. The van der Waals surface area contributed by atoms with Gasteiger partial charge in [-0.1, -0.05) is 32.0 Å². The first-order chi connectivity index (χ1) is 10.9. The highest BCUT2D eigenvalue weighted by molar-refractivity contribution is 5.94. The average molecular weight is 315 g/mol. The molecule has 1 unspecified atom stereocenters. The van der Waals surface area contributed by atoms with Crippen molar-refractivity contribution in [1.29, 1.82) is 0 Å². The third-order valence-electron chi connectivity index (χ3n) is 3.68. The Labute approximate surface area is 136 Å². The number of halogens is 1. The fraction of sp³-hybridized carbons (Fsp3) is 0.316. The Bertz CT molecular complexity index is 698. The smallest absolute Gasteiger partial charge is 0.265 e. The summed E-state index contributed by atoms with van der Waals surface area (Å²) in [7, 11) is 0. The third kappa shape index (κ3) is 4.31. The van der Waals surface area contributed by atoms with E-state index in [1.54, 1.807) is 19.1 Å². The minimum atomic E-state index is -0.723. The molecule has 0 radical (unpaired) electrons. The van der Waals surface area contributed by atoms with Gasteiger partial charge >= 0.3 is 0 Å². The molecule has 0 fully saturated rings. The van der Waals surface area contributed by atoms with Gasteiger partial charge in [0.2, 0.25) is 0 Å². The van der Waals surface area contributed by atoms with E-state index in [1.807, 2.05) is 25.1 Å². The van der Waals surface area contributed by atoms with Crippen LogP contribution < -0.4 is 10.1 Å². The van der Waals surface area contributed by atoms with Crippen LogP contribution in [0.5, 0.6) is 5.75 Å². The number of hydrogen-bond donors (Lipinski definition) is 1. The first-order valence-electron chi connectivity index (χ1n) is 7.71. The number of rotatable bonds is 5. The van der Waals surface area contributed by atoms with Gasteiger partial charge in [-0.3, -0.25) is 4.79 Å². The molecule has 0 aromatic heterocycles. The molecule has 0 aliphatic rings. The maximum absolute atomic E-state index is 13.6. The number of aryl methyl sites for hydroxylation is 1. The largest absolute Gasteiger partial charge is 0.481 e. The molecule has 1 N–H and O–H groups in total. The summed E-state index contributed by atoms with van der Waals surface area (Å²) >= 11 is 0. The lowest BCUT2D eigenvalue weighted by molar-refractivity contribution is -0.122. The molecule has 23 heavy (non-hydrogen) atoms. The van der Waals surface area contributed by atoms with Crippen LogP contribution in [0.4, 0.5) is 10.1 Å². The average Bonchev–Trinajstić information content (AvgIpc) is 2.49. The Hall–Kier alpha value is -2.36. The summed E-state index contributed by atoms with van der Waals surface area (Å²) in [5.74, 6) is 0.208. The second kappa shape index (κ2) is 7.27. The number of amides is 1. The monoisotopic (exact) mass is 315 g/mol. The van der Waals surface area contributed by atoms with E-state index < -0.39 is 11.9 Å². The third-order valence-corrected chi connectivity index (χ3v) is 3.68. The predicted molar refractivity (Wildman–Crippen MR) is 90.4 cm³/mol. The van der Waals surface area contributed by atoms with E-state index in [4.69, 9.17) is 4.74 Å². The van der Waals surface area contributed by atoms with E-state index in [2.05, 4.69) is 19.2 Å². The molecule has 0 spiro atoms. The van der Waals surface area contributed by atoms with Crippen LogP contribution in [0.25, 0.3) is 0 Å². The zero-order chi connectivity index (χ0) is 17.0. The van der Waals surface area contributed by atoms with E-state index in [1.165, 1.54) is 17.7 Å². The highest BCUT2D eigenvalue weighted by atomic mass is 19.1. The zero-order valence-corrected chi connectivity index (χ0v) is 13.9. The minimum Gasteiger partial charge on any atom is -0.481 e. The summed E-state index contributed by atoms with van der Waals surface area (Å²) in [5.41, 5.74) is 2.53. The van der Waals surface area contributed by atoms with Crippen LogP contribution in [0.2, 0.25) is 0 Å². The van der Waals surface area contributed by atoms with Gasteiger partial charge in [0, 0.05) is 0 Å². The first kappa shape index (κ1) is 17.0. The van der Waals surface area contributed by atoms with Crippen molar-refractivity contribution in [3.63, 3.8) is 0 Å². The first-order valence-corrected chi connectivity index (χ1v) is 7.71. The lowest BCUT2D eigenvalue weighted by atomic mass is 9.98. The van der Waals surface area contributed by atoms with Crippen molar-refractivity contribution in [2.75, 3.05) is 5.32 Å². The van der Waals surface area contributed by atoms with Gasteiger partial charge in [-0.05, 0) is 55.2 Å². The molecule has 0 saturated heterocycles. The van der Waals surface area contributed by atoms with Crippen molar-refractivity contribution >= 4 is 11.6 Å². The second-order valence-corrected chi connectivity index (χ2v) is 5.90. The number of carbonyl (C=O) groups excluding carboxylic acids is 1. The topological polar surface area (TPSA) is 38.3 Å². The summed E-state index contributed by atoms with van der Waals surface area (Å²) in [5, 5.41) is 2.54. The summed E-state index contributed by atoms with van der Waals surface area (Å²) in [6.45, 7) is 7.93. The van der Waals surface area contributed by atoms with Gasteiger partial charge in [0.1, 0.15) is 11.6 Å². The highest BCUT2D eigenvalue weighted by Crippen LogP contribution is 2.24. The van der Waals surface area contributed by atoms with Crippen LogP contribution in [0.1, 0.15) is 37.8 Å². The molecule has 0 bridgehead atoms. The van der Waals surface area contributed by atoms with Crippen LogP contribution in [-0.4, -0.2) is 12.0 Å². The van der Waals surface area contributed by atoms with Crippen molar-refractivity contribution in [2.45, 2.75) is 39.7 Å². The van der Waals surface area contributed by atoms with E-state index >= 15 is 0 Å². The molecule has 0 heterocycles. The van der Waals surface area contributed by atoms with E-state index in [0.717, 1.165) is 5.56 Å². The Morgan fingerprint density at radius 3 is 2.43 bits per heavy atom. The Morgan fingerprint density at radius 1 is 1.13 bits per heavy atom. The highest BCUT2D eigenvalue weighted by Gasteiger charge is 2.17. The summed E-state index contributed by atoms with van der Waals surface area (Å²) in [6.07, 6.45) is -0.723.